The number of aryl methyl sites for hydroxylation is 1. The number of imidazole rings is 1. The number of hydrogen-bond donors (Lipinski definition) is 1. The van der Waals surface area contributed by atoms with Crippen molar-refractivity contribution >= 4 is 23.8 Å². The Bertz CT molecular complexity index is 1670. The minimum atomic E-state index is -0.442. The molecule has 0 aliphatic carbocycles. The fourth-order valence-corrected chi connectivity index (χ4v) is 4.30. The highest BCUT2D eigenvalue weighted by Crippen LogP contribution is 2.34. The highest BCUT2D eigenvalue weighted by atomic mass is 16.5. The summed E-state index contributed by atoms with van der Waals surface area (Å²) in [6.07, 6.45) is 3.33. The Morgan fingerprint density at radius 2 is 1.82 bits per heavy atom. The Kier molecular flexibility index (Phi) is 6.46. The van der Waals surface area contributed by atoms with Crippen LogP contribution in [0.25, 0.3) is 28.2 Å². The van der Waals surface area contributed by atoms with Crippen molar-refractivity contribution < 1.29 is 14.3 Å². The van der Waals surface area contributed by atoms with E-state index < -0.39 is 5.91 Å². The van der Waals surface area contributed by atoms with Crippen LogP contribution in [0.1, 0.15) is 42.3 Å². The van der Waals surface area contributed by atoms with Gasteiger partial charge in [-0.05, 0) is 60.4 Å². The molecule has 0 bridgehead atoms. The van der Waals surface area contributed by atoms with Gasteiger partial charge in [-0.15, -0.1) is 0 Å². The zero-order valence-corrected chi connectivity index (χ0v) is 21.6. The first kappa shape index (κ1) is 24.8. The second kappa shape index (κ2) is 9.89. The molecule has 5 aromatic rings. The van der Waals surface area contributed by atoms with Gasteiger partial charge in [-0.3, -0.25) is 9.59 Å². The van der Waals surface area contributed by atoms with Crippen LogP contribution < -0.4 is 10.1 Å². The van der Waals surface area contributed by atoms with Crippen LogP contribution in [0.4, 0.5) is 5.82 Å². The predicted molar refractivity (Wildman–Crippen MR) is 146 cm³/mol. The van der Waals surface area contributed by atoms with Gasteiger partial charge in [0.1, 0.15) is 17.3 Å². The van der Waals surface area contributed by atoms with Crippen LogP contribution in [-0.4, -0.2) is 32.0 Å². The lowest BCUT2D eigenvalue weighted by atomic mass is 9.86. The quantitative estimate of drug-likeness (QED) is 0.291. The molecule has 0 radical (unpaired) electrons. The van der Waals surface area contributed by atoms with Crippen LogP contribution in [0.15, 0.2) is 79.1 Å². The molecular weight excluding hydrogens is 478 g/mol. The second-order valence-corrected chi connectivity index (χ2v) is 10.0. The lowest BCUT2D eigenvalue weighted by molar-refractivity contribution is -0.120. The van der Waals surface area contributed by atoms with Crippen molar-refractivity contribution in [3.8, 4) is 28.3 Å². The Hall–Kier alpha value is -4.85. The highest BCUT2D eigenvalue weighted by Gasteiger charge is 2.21. The summed E-state index contributed by atoms with van der Waals surface area (Å²) in [5.41, 5.74) is 6.11. The van der Waals surface area contributed by atoms with Crippen LogP contribution in [-0.2, 0) is 10.2 Å². The molecule has 0 saturated carbocycles. The van der Waals surface area contributed by atoms with E-state index in [0.29, 0.717) is 17.9 Å². The average molecular weight is 506 g/mol. The van der Waals surface area contributed by atoms with E-state index >= 15 is 0 Å². The molecule has 8 nitrogen and oxygen atoms in total. The number of carbonyl (C=O) groups excluding carboxylic acids is 2. The van der Waals surface area contributed by atoms with Gasteiger partial charge in [0.15, 0.2) is 5.65 Å². The van der Waals surface area contributed by atoms with Gasteiger partial charge < -0.3 is 10.1 Å². The Morgan fingerprint density at radius 1 is 0.974 bits per heavy atom. The van der Waals surface area contributed by atoms with Crippen molar-refractivity contribution in [1.82, 2.24) is 19.6 Å². The first-order valence-corrected chi connectivity index (χ1v) is 12.2. The molecule has 0 fully saturated rings. The van der Waals surface area contributed by atoms with Gasteiger partial charge in [0.25, 0.3) is 12.4 Å². The normalized spacial score (nSPS) is 11.4. The summed E-state index contributed by atoms with van der Waals surface area (Å²) in [6.45, 7) is 8.49. The molecule has 1 amide bonds. The number of aromatic nitrogens is 4. The Labute approximate surface area is 220 Å². The first-order valence-electron chi connectivity index (χ1n) is 12.2. The lowest BCUT2D eigenvalue weighted by Gasteiger charge is -2.20. The number of fused-ring (bicyclic) bond motifs is 1. The van der Waals surface area contributed by atoms with Gasteiger partial charge in [0.2, 0.25) is 0 Å². The van der Waals surface area contributed by atoms with Crippen molar-refractivity contribution in [2.45, 2.75) is 33.1 Å². The van der Waals surface area contributed by atoms with Gasteiger partial charge in [0.05, 0.1) is 11.3 Å². The maximum atomic E-state index is 13.2. The van der Waals surface area contributed by atoms with Gasteiger partial charge in [-0.1, -0.05) is 50.6 Å². The molecule has 2 aromatic carbocycles. The van der Waals surface area contributed by atoms with E-state index in [1.165, 1.54) is 0 Å². The number of pyridine rings is 1. The molecule has 5 rings (SSSR count). The second-order valence-electron chi connectivity index (χ2n) is 10.0. The number of anilines is 1. The molecule has 0 atom stereocenters. The smallest absolute Gasteiger partial charge is 0.298 e. The maximum Gasteiger partial charge on any atom is 0.298 e. The molecule has 38 heavy (non-hydrogen) atoms. The van der Waals surface area contributed by atoms with Crippen molar-refractivity contribution in [1.29, 1.82) is 0 Å². The molecule has 190 valence electrons. The molecular formula is C30H27N5O3. The molecule has 3 aromatic heterocycles. The molecule has 0 aliphatic rings. The van der Waals surface area contributed by atoms with E-state index in [0.717, 1.165) is 33.6 Å². The number of rotatable bonds is 6. The summed E-state index contributed by atoms with van der Waals surface area (Å²) >= 11 is 0. The van der Waals surface area contributed by atoms with E-state index in [9.17, 15) is 9.59 Å². The summed E-state index contributed by atoms with van der Waals surface area (Å²) in [5.74, 6) is 0.0847. The molecule has 0 saturated heterocycles. The molecule has 0 aliphatic heterocycles. The SMILES string of the molecule is Cc1cccc(-c2nc3cccnn3c2-c2ccnc(NC(=O)c3ccc(C(C)(C)C)cc3OC=O)c2)c1. The maximum absolute atomic E-state index is 13.2. The standard InChI is InChI=1S/C30H27N5O3/c1-19-7-5-8-20(15-19)27-28(35-26(34-27)9-6-13-32-35)21-12-14-31-25(16-21)33-29(37)23-11-10-22(30(2,3)4)17-24(23)38-18-36/h5-18H,1-4H3,(H,31,33,37). The number of carbonyl (C=O) groups is 2. The third kappa shape index (κ3) is 4.88. The zero-order chi connectivity index (χ0) is 26.9. The van der Waals surface area contributed by atoms with Crippen molar-refractivity contribution in [2.75, 3.05) is 5.32 Å². The third-order valence-corrected chi connectivity index (χ3v) is 6.23. The molecule has 1 N–H and O–H groups in total. The Balaban J connectivity index is 1.54. The topological polar surface area (TPSA) is 98.5 Å². The number of nitrogens with one attached hydrogen (secondary N) is 1. The molecule has 0 spiro atoms. The largest absolute Gasteiger partial charge is 0.428 e. The lowest BCUT2D eigenvalue weighted by Crippen LogP contribution is -2.16. The average Bonchev–Trinajstić information content (AvgIpc) is 3.28. The number of benzene rings is 2. The van der Waals surface area contributed by atoms with E-state index in [1.54, 1.807) is 35.1 Å². The van der Waals surface area contributed by atoms with Gasteiger partial charge >= 0.3 is 0 Å². The van der Waals surface area contributed by atoms with Gasteiger partial charge in [0, 0.05) is 23.5 Å². The number of ether oxygens (including phenoxy) is 1. The minimum absolute atomic E-state index is 0.178. The third-order valence-electron chi connectivity index (χ3n) is 6.23. The van der Waals surface area contributed by atoms with Crippen LogP contribution in [0.3, 0.4) is 0 Å². The van der Waals surface area contributed by atoms with Crippen LogP contribution in [0.2, 0.25) is 0 Å². The van der Waals surface area contributed by atoms with Crippen molar-refractivity contribution in [2.24, 2.45) is 0 Å². The van der Waals surface area contributed by atoms with Crippen LogP contribution in [0, 0.1) is 6.92 Å². The summed E-state index contributed by atoms with van der Waals surface area (Å²) in [5, 5.41) is 7.36. The summed E-state index contributed by atoms with van der Waals surface area (Å²) in [6, 6.07) is 20.7. The molecule has 0 unspecified atom stereocenters. The first-order chi connectivity index (χ1) is 18.2. The fraction of sp³-hybridized carbons (Fsp3) is 0.167. The predicted octanol–water partition coefficient (Wildman–Crippen LogP) is 5.85. The van der Waals surface area contributed by atoms with Crippen molar-refractivity contribution in [3.63, 3.8) is 0 Å². The fourth-order valence-electron chi connectivity index (χ4n) is 4.30. The zero-order valence-electron chi connectivity index (χ0n) is 21.6. The summed E-state index contributed by atoms with van der Waals surface area (Å²) < 4.78 is 6.93. The minimum Gasteiger partial charge on any atom is -0.428 e. The Morgan fingerprint density at radius 3 is 2.58 bits per heavy atom. The highest BCUT2D eigenvalue weighted by molar-refractivity contribution is 6.06. The van der Waals surface area contributed by atoms with E-state index in [1.807, 2.05) is 70.2 Å². The number of amides is 1. The van der Waals surface area contributed by atoms with E-state index in [-0.39, 0.29) is 16.7 Å². The van der Waals surface area contributed by atoms with Crippen LogP contribution in [0.5, 0.6) is 5.75 Å². The van der Waals surface area contributed by atoms with Crippen LogP contribution >= 0.6 is 0 Å². The van der Waals surface area contributed by atoms with Gasteiger partial charge in [-0.25, -0.2) is 14.5 Å². The van der Waals surface area contributed by atoms with Gasteiger partial charge in [-0.2, -0.15) is 5.10 Å². The number of nitrogens with zero attached hydrogens (tertiary/aromatic N) is 4. The van der Waals surface area contributed by atoms with E-state index in [2.05, 4.69) is 21.5 Å². The summed E-state index contributed by atoms with van der Waals surface area (Å²) in [4.78, 5) is 33.6. The molecule has 3 heterocycles. The van der Waals surface area contributed by atoms with Crippen molar-refractivity contribution in [3.05, 3.63) is 95.8 Å². The summed E-state index contributed by atoms with van der Waals surface area (Å²) in [7, 11) is 0. The van der Waals surface area contributed by atoms with E-state index in [4.69, 9.17) is 9.72 Å². The molecule has 8 heteroatoms. The monoisotopic (exact) mass is 505 g/mol. The number of hydrogen-bond acceptors (Lipinski definition) is 6.